The van der Waals surface area contributed by atoms with Gasteiger partial charge in [-0.2, -0.15) is 4.98 Å². The molecule has 134 valence electrons. The van der Waals surface area contributed by atoms with Crippen molar-refractivity contribution in [3.63, 3.8) is 0 Å². The van der Waals surface area contributed by atoms with E-state index in [2.05, 4.69) is 15.1 Å². The molecule has 0 saturated carbocycles. The van der Waals surface area contributed by atoms with E-state index in [4.69, 9.17) is 25.8 Å². The van der Waals surface area contributed by atoms with Crippen LogP contribution in [0.25, 0.3) is 11.5 Å². The lowest BCUT2D eigenvalue weighted by Gasteiger charge is -2.04. The Kier molecular flexibility index (Phi) is 6.52. The molecular formula is C14H15ClN4O6. The van der Waals surface area contributed by atoms with Gasteiger partial charge in [0.25, 0.3) is 0 Å². The van der Waals surface area contributed by atoms with Gasteiger partial charge in [0.15, 0.2) is 6.61 Å². The van der Waals surface area contributed by atoms with Crippen molar-refractivity contribution in [2.24, 2.45) is 0 Å². The molecule has 10 nitrogen and oxygen atoms in total. The molecule has 0 atom stereocenters. The smallest absolute Gasteiger partial charge is 0.344 e. The zero-order valence-electron chi connectivity index (χ0n) is 13.2. The Morgan fingerprint density at radius 2 is 2.08 bits per heavy atom. The maximum atomic E-state index is 11.5. The quantitative estimate of drug-likeness (QED) is 0.537. The van der Waals surface area contributed by atoms with Crippen molar-refractivity contribution in [2.75, 3.05) is 19.8 Å². The minimum Gasteiger partial charge on any atom is -0.466 e. The molecule has 25 heavy (non-hydrogen) atoms. The van der Waals surface area contributed by atoms with E-state index in [9.17, 15) is 14.8 Å². The molecule has 11 heteroatoms. The van der Waals surface area contributed by atoms with Gasteiger partial charge in [0.05, 0.1) is 18.1 Å². The number of ether oxygens (including phenoxy) is 3. The lowest BCUT2D eigenvalue weighted by atomic mass is 10.3. The molecule has 0 unspecified atom stereocenters. The van der Waals surface area contributed by atoms with Crippen LogP contribution in [0.15, 0.2) is 18.3 Å². The van der Waals surface area contributed by atoms with Crippen LogP contribution in [0.4, 0.5) is 0 Å². The lowest BCUT2D eigenvalue weighted by molar-refractivity contribution is -0.150. The molecule has 2 rings (SSSR count). The molecule has 0 amide bonds. The largest absolute Gasteiger partial charge is 0.466 e. The first-order valence-electron chi connectivity index (χ1n) is 7.22. The zero-order valence-corrected chi connectivity index (χ0v) is 14.0. The number of esters is 2. The van der Waals surface area contributed by atoms with Crippen molar-refractivity contribution < 1.29 is 29.0 Å². The average molecular weight is 371 g/mol. The predicted molar refractivity (Wildman–Crippen MR) is 83.2 cm³/mol. The van der Waals surface area contributed by atoms with Gasteiger partial charge in [0.1, 0.15) is 12.3 Å². The molecule has 0 aromatic carbocycles. The van der Waals surface area contributed by atoms with E-state index < -0.39 is 18.5 Å². The van der Waals surface area contributed by atoms with Crippen molar-refractivity contribution in [1.82, 2.24) is 19.9 Å². The molecule has 0 fully saturated rings. The van der Waals surface area contributed by atoms with Crippen molar-refractivity contribution in [3.8, 4) is 17.5 Å². The van der Waals surface area contributed by atoms with E-state index in [1.807, 2.05) is 0 Å². The summed E-state index contributed by atoms with van der Waals surface area (Å²) in [6.45, 7) is 1.33. The molecule has 2 aromatic rings. The van der Waals surface area contributed by atoms with Crippen LogP contribution >= 0.6 is 11.6 Å². The van der Waals surface area contributed by atoms with Crippen molar-refractivity contribution in [3.05, 3.63) is 23.4 Å². The summed E-state index contributed by atoms with van der Waals surface area (Å²) in [5, 5.41) is 13.7. The number of rotatable bonds is 8. The van der Waals surface area contributed by atoms with Gasteiger partial charge in [-0.15, -0.1) is 0 Å². The maximum absolute atomic E-state index is 11.5. The van der Waals surface area contributed by atoms with Crippen LogP contribution in [-0.4, -0.2) is 56.9 Å². The summed E-state index contributed by atoms with van der Waals surface area (Å²) in [5.74, 6) is -1.16. The molecule has 2 aromatic heterocycles. The normalized spacial score (nSPS) is 10.3. The van der Waals surface area contributed by atoms with Crippen LogP contribution in [0.2, 0.25) is 5.02 Å². The van der Waals surface area contributed by atoms with Gasteiger partial charge in [-0.05, 0) is 19.1 Å². The monoisotopic (exact) mass is 370 g/mol. The van der Waals surface area contributed by atoms with Crippen molar-refractivity contribution >= 4 is 23.5 Å². The highest BCUT2D eigenvalue weighted by atomic mass is 35.5. The van der Waals surface area contributed by atoms with Gasteiger partial charge in [0, 0.05) is 6.20 Å². The van der Waals surface area contributed by atoms with Crippen LogP contribution < -0.4 is 4.74 Å². The second-order valence-electron chi connectivity index (χ2n) is 4.53. The van der Waals surface area contributed by atoms with Crippen LogP contribution in [0.3, 0.4) is 0 Å². The molecule has 1 N–H and O–H groups in total. The first-order valence-corrected chi connectivity index (χ1v) is 7.59. The zero-order chi connectivity index (χ0) is 18.2. The highest BCUT2D eigenvalue weighted by molar-refractivity contribution is 6.30. The fourth-order valence-corrected chi connectivity index (χ4v) is 1.77. The minimum atomic E-state index is -0.718. The highest BCUT2D eigenvalue weighted by Gasteiger charge is 2.15. The van der Waals surface area contributed by atoms with Crippen LogP contribution in [0.5, 0.6) is 6.01 Å². The van der Waals surface area contributed by atoms with E-state index in [0.29, 0.717) is 15.6 Å². The molecule has 0 aliphatic rings. The summed E-state index contributed by atoms with van der Waals surface area (Å²) in [6, 6.07) is 2.86. The Morgan fingerprint density at radius 1 is 1.28 bits per heavy atom. The number of aromatic nitrogens is 4. The highest BCUT2D eigenvalue weighted by Crippen LogP contribution is 2.18. The van der Waals surface area contributed by atoms with Crippen LogP contribution in [0.1, 0.15) is 13.3 Å². The molecule has 2 heterocycles. The Bertz CT molecular complexity index is 733. The third kappa shape index (κ3) is 5.60. The second-order valence-corrected chi connectivity index (χ2v) is 4.97. The van der Waals surface area contributed by atoms with E-state index in [0.717, 1.165) is 0 Å². The molecule has 0 radical (unpaired) electrons. The van der Waals surface area contributed by atoms with Gasteiger partial charge in [-0.1, -0.05) is 21.5 Å². The molecular weight excluding hydrogens is 356 g/mol. The summed E-state index contributed by atoms with van der Waals surface area (Å²) in [7, 11) is 0. The summed E-state index contributed by atoms with van der Waals surface area (Å²) in [5.41, 5.74) is 0.311. The van der Waals surface area contributed by atoms with E-state index in [-0.39, 0.29) is 31.5 Å². The van der Waals surface area contributed by atoms with Gasteiger partial charge >= 0.3 is 17.9 Å². The molecule has 0 bridgehead atoms. The topological polar surface area (TPSA) is 126 Å². The summed E-state index contributed by atoms with van der Waals surface area (Å²) < 4.78 is 14.5. The first kappa shape index (κ1) is 18.5. The van der Waals surface area contributed by atoms with Crippen molar-refractivity contribution in [1.29, 1.82) is 0 Å². The minimum absolute atomic E-state index is 0.0161. The number of halogens is 1. The molecule has 0 aliphatic carbocycles. The number of hydrogen-bond acceptors (Lipinski definition) is 9. The summed E-state index contributed by atoms with van der Waals surface area (Å²) >= 11 is 5.73. The van der Waals surface area contributed by atoms with E-state index in [1.165, 1.54) is 12.3 Å². The Morgan fingerprint density at radius 3 is 2.76 bits per heavy atom. The number of carbonyl (C=O) groups is 2. The summed E-state index contributed by atoms with van der Waals surface area (Å²) in [6.07, 6.45) is 1.34. The number of hydrogen-bond donors (Lipinski definition) is 1. The average Bonchev–Trinajstić information content (AvgIpc) is 2.95. The standard InChI is InChI=1S/C14H15ClN4O6/c1-2-23-11(20)5-6-24-12(21)8-25-14-17-13(19(22)18-14)10-4-3-9(15)7-16-10/h3-4,7,22H,2,5-6,8H2,1H3. The van der Waals surface area contributed by atoms with E-state index >= 15 is 0 Å². The molecule has 0 aliphatic heterocycles. The van der Waals surface area contributed by atoms with Gasteiger partial charge in [-0.3, -0.25) is 9.78 Å². The third-order valence-electron chi connectivity index (χ3n) is 2.72. The SMILES string of the molecule is CCOC(=O)CCOC(=O)COc1nc(-c2ccc(Cl)cn2)n(O)n1. The molecule has 0 saturated heterocycles. The van der Waals surface area contributed by atoms with Crippen LogP contribution in [-0.2, 0) is 19.1 Å². The summed E-state index contributed by atoms with van der Waals surface area (Å²) in [4.78, 5) is 31.0. The first-order chi connectivity index (χ1) is 12.0. The lowest BCUT2D eigenvalue weighted by Crippen LogP contribution is -2.18. The van der Waals surface area contributed by atoms with Gasteiger partial charge in [-0.25, -0.2) is 4.79 Å². The van der Waals surface area contributed by atoms with Gasteiger partial charge < -0.3 is 19.4 Å². The number of pyridine rings is 1. The molecule has 0 spiro atoms. The fourth-order valence-electron chi connectivity index (χ4n) is 1.66. The Balaban J connectivity index is 1.83. The second kappa shape index (κ2) is 8.83. The van der Waals surface area contributed by atoms with Crippen LogP contribution in [0, 0.1) is 0 Å². The Hall–Kier alpha value is -2.88. The van der Waals surface area contributed by atoms with E-state index in [1.54, 1.807) is 13.0 Å². The maximum Gasteiger partial charge on any atom is 0.344 e. The fraction of sp³-hybridized carbons (Fsp3) is 0.357. The van der Waals surface area contributed by atoms with Gasteiger partial charge in [0.2, 0.25) is 5.82 Å². The van der Waals surface area contributed by atoms with Crippen molar-refractivity contribution in [2.45, 2.75) is 13.3 Å². The Labute approximate surface area is 147 Å². The third-order valence-corrected chi connectivity index (χ3v) is 2.95. The predicted octanol–water partition coefficient (Wildman–Crippen LogP) is 1.11. The number of carbonyl (C=O) groups excluding carboxylic acids is 2. The number of nitrogens with zero attached hydrogens (tertiary/aromatic N) is 4.